The molecule has 0 heterocycles. The number of hydrogen-bond acceptors (Lipinski definition) is 4. The van der Waals surface area contributed by atoms with Crippen LogP contribution in [-0.4, -0.2) is 28.6 Å². The Bertz CT molecular complexity index is 693. The van der Waals surface area contributed by atoms with Gasteiger partial charge in [-0.3, -0.25) is 9.59 Å². The number of unbranched alkanes of at least 4 members (excludes halogenated alkanes) is 4. The molecule has 25 heavy (non-hydrogen) atoms. The van der Waals surface area contributed by atoms with Crippen molar-refractivity contribution in [2.45, 2.75) is 70.0 Å². The van der Waals surface area contributed by atoms with E-state index in [0.29, 0.717) is 12.8 Å². The minimum Gasteiger partial charge on any atom is -0.444 e. The maximum Gasteiger partial charge on any atom is 0.307 e. The average Bonchev–Trinajstić information content (AvgIpc) is 2.58. The number of esters is 1. The monoisotopic (exact) mass is 340 g/mol. The minimum atomic E-state index is -1.72. The summed E-state index contributed by atoms with van der Waals surface area (Å²) in [4.78, 5) is 24.7. The fourth-order valence-electron chi connectivity index (χ4n) is 2.83. The number of ether oxygens (including phenoxy) is 1. The maximum absolute atomic E-state index is 12.6. The molecule has 0 saturated carbocycles. The third kappa shape index (κ3) is 5.34. The highest BCUT2D eigenvalue weighted by Gasteiger charge is 2.41. The first kappa shape index (κ1) is 19.0. The largest absolute Gasteiger partial charge is 0.444 e. The van der Waals surface area contributed by atoms with Crippen LogP contribution in [0.3, 0.4) is 0 Å². The fraction of sp³-hybridized carbons (Fsp3) is 0.524. The van der Waals surface area contributed by atoms with Crippen LogP contribution in [-0.2, 0) is 14.3 Å². The lowest BCUT2D eigenvalue weighted by atomic mass is 9.81. The number of hydrogen-bond donors (Lipinski definition) is 1. The van der Waals surface area contributed by atoms with Crippen molar-refractivity contribution in [3.05, 3.63) is 23.8 Å². The van der Waals surface area contributed by atoms with Gasteiger partial charge in [0.05, 0.1) is 0 Å². The predicted molar refractivity (Wildman–Crippen MR) is 95.2 cm³/mol. The number of rotatable bonds is 7. The predicted octanol–water partition coefficient (Wildman–Crippen LogP) is 2.86. The summed E-state index contributed by atoms with van der Waals surface area (Å²) < 4.78 is 5.44. The maximum atomic E-state index is 12.6. The van der Waals surface area contributed by atoms with Crippen LogP contribution in [0.1, 0.15) is 58.3 Å². The highest BCUT2D eigenvalue weighted by molar-refractivity contribution is 6.06. The summed E-state index contributed by atoms with van der Waals surface area (Å²) in [7, 11) is 0. The van der Waals surface area contributed by atoms with Crippen molar-refractivity contribution in [2.75, 3.05) is 0 Å². The summed E-state index contributed by atoms with van der Waals surface area (Å²) in [6.07, 6.45) is 9.95. The van der Waals surface area contributed by atoms with Gasteiger partial charge >= 0.3 is 5.97 Å². The lowest BCUT2D eigenvalue weighted by Gasteiger charge is -2.28. The Morgan fingerprint density at radius 2 is 2.04 bits per heavy atom. The Labute approximate surface area is 149 Å². The van der Waals surface area contributed by atoms with E-state index in [1.165, 1.54) is 12.2 Å². The van der Waals surface area contributed by atoms with E-state index < -0.39 is 17.5 Å². The molecule has 2 unspecified atom stereocenters. The molecule has 2 aliphatic carbocycles. The molecule has 1 N–H and O–H groups in total. The van der Waals surface area contributed by atoms with Crippen molar-refractivity contribution in [3.8, 4) is 23.7 Å². The normalized spacial score (nSPS) is 24.3. The zero-order chi connectivity index (χ0) is 18.1. The molecule has 0 aromatic heterocycles. The van der Waals surface area contributed by atoms with E-state index in [4.69, 9.17) is 4.74 Å². The Hall–Kier alpha value is -2.30. The first-order chi connectivity index (χ1) is 12.1. The SMILES string of the molecule is CCCCCCCC(=O)OC1C#CC=CC#CC2(O)CCC=C1C2=O. The van der Waals surface area contributed by atoms with E-state index in [1.807, 2.05) is 0 Å². The van der Waals surface area contributed by atoms with Gasteiger partial charge in [-0.15, -0.1) is 0 Å². The van der Waals surface area contributed by atoms with Crippen molar-refractivity contribution < 1.29 is 19.4 Å². The second-order valence-electron chi connectivity index (χ2n) is 6.31. The number of carbonyl (C=O) groups is 2. The van der Waals surface area contributed by atoms with Crippen molar-refractivity contribution >= 4 is 11.8 Å². The Kier molecular flexibility index (Phi) is 7.04. The van der Waals surface area contributed by atoms with Crippen LogP contribution in [0.4, 0.5) is 0 Å². The Balaban J connectivity index is 2.05. The number of ketones is 1. The van der Waals surface area contributed by atoms with Crippen molar-refractivity contribution in [3.63, 3.8) is 0 Å². The molecule has 0 spiro atoms. The van der Waals surface area contributed by atoms with Crippen molar-refractivity contribution in [1.82, 2.24) is 0 Å². The molecular formula is C21H24O4. The topological polar surface area (TPSA) is 63.6 Å². The molecule has 2 bridgehead atoms. The standard InChI is InChI=1S/C21H24O4/c1-2-3-4-5-9-14-19(22)25-18-13-8-6-7-10-15-21(24)16-11-12-17(18)20(21)23/h6-7,12,18,24H,2-5,9,11,14,16H2,1H3. The van der Waals surface area contributed by atoms with Crippen LogP contribution in [0.2, 0.25) is 0 Å². The molecular weight excluding hydrogens is 316 g/mol. The number of carbonyl (C=O) groups excluding carboxylic acids is 2. The van der Waals surface area contributed by atoms with Crippen LogP contribution >= 0.6 is 0 Å². The molecule has 0 aromatic rings. The van der Waals surface area contributed by atoms with Gasteiger partial charge in [-0.2, -0.15) is 0 Å². The van der Waals surface area contributed by atoms with E-state index in [0.717, 1.165) is 32.1 Å². The van der Waals surface area contributed by atoms with E-state index in [-0.39, 0.29) is 18.0 Å². The number of aliphatic hydroxyl groups is 1. The van der Waals surface area contributed by atoms with Gasteiger partial charge in [0, 0.05) is 12.0 Å². The third-order valence-electron chi connectivity index (χ3n) is 4.27. The van der Waals surface area contributed by atoms with Gasteiger partial charge in [0.1, 0.15) is 0 Å². The zero-order valence-corrected chi connectivity index (χ0v) is 14.6. The summed E-state index contributed by atoms with van der Waals surface area (Å²) in [5.74, 6) is 9.88. The van der Waals surface area contributed by atoms with Crippen LogP contribution in [0, 0.1) is 23.7 Å². The van der Waals surface area contributed by atoms with Crippen LogP contribution < -0.4 is 0 Å². The van der Waals surface area contributed by atoms with E-state index in [9.17, 15) is 14.7 Å². The molecule has 132 valence electrons. The summed E-state index contributed by atoms with van der Waals surface area (Å²) in [5.41, 5.74) is -1.50. The molecule has 2 rings (SSSR count). The number of allylic oxidation sites excluding steroid dienone is 3. The van der Waals surface area contributed by atoms with Gasteiger partial charge in [0.2, 0.25) is 5.78 Å². The zero-order valence-electron chi connectivity index (χ0n) is 14.6. The van der Waals surface area contributed by atoms with E-state index in [1.54, 1.807) is 6.08 Å². The molecule has 2 atom stereocenters. The molecule has 0 radical (unpaired) electrons. The third-order valence-corrected chi connectivity index (χ3v) is 4.27. The van der Waals surface area contributed by atoms with Crippen molar-refractivity contribution in [1.29, 1.82) is 0 Å². The summed E-state index contributed by atoms with van der Waals surface area (Å²) in [5, 5.41) is 10.5. The summed E-state index contributed by atoms with van der Waals surface area (Å²) in [6.45, 7) is 2.14. The minimum absolute atomic E-state index is 0.227. The van der Waals surface area contributed by atoms with Crippen LogP contribution in [0.5, 0.6) is 0 Å². The molecule has 0 saturated heterocycles. The van der Waals surface area contributed by atoms with E-state index >= 15 is 0 Å². The van der Waals surface area contributed by atoms with Gasteiger partial charge in [-0.05, 0) is 37.3 Å². The molecule has 2 aliphatic rings. The number of Topliss-reactive ketones (excluding diaryl/α,β-unsaturated/α-hetero) is 1. The molecule has 0 amide bonds. The summed E-state index contributed by atoms with van der Waals surface area (Å²) >= 11 is 0. The first-order valence-electron chi connectivity index (χ1n) is 8.92. The average molecular weight is 340 g/mol. The quantitative estimate of drug-likeness (QED) is 0.440. The summed E-state index contributed by atoms with van der Waals surface area (Å²) in [6, 6.07) is 0. The fourth-order valence-corrected chi connectivity index (χ4v) is 2.83. The number of fused-ring (bicyclic) bond motifs is 2. The van der Waals surface area contributed by atoms with Crippen LogP contribution in [0.25, 0.3) is 0 Å². The van der Waals surface area contributed by atoms with Gasteiger partial charge in [0.15, 0.2) is 11.7 Å². The highest BCUT2D eigenvalue weighted by atomic mass is 16.5. The molecule has 0 fully saturated rings. The van der Waals surface area contributed by atoms with E-state index in [2.05, 4.69) is 30.6 Å². The Morgan fingerprint density at radius 1 is 1.28 bits per heavy atom. The lowest BCUT2D eigenvalue weighted by Crippen LogP contribution is -2.43. The smallest absolute Gasteiger partial charge is 0.307 e. The molecule has 4 nitrogen and oxygen atoms in total. The van der Waals surface area contributed by atoms with Gasteiger partial charge in [-0.25, -0.2) is 0 Å². The molecule has 0 aromatic carbocycles. The second kappa shape index (κ2) is 9.25. The second-order valence-corrected chi connectivity index (χ2v) is 6.31. The van der Waals surface area contributed by atoms with Crippen LogP contribution in [0.15, 0.2) is 23.8 Å². The lowest BCUT2D eigenvalue weighted by molar-refractivity contribution is -0.146. The highest BCUT2D eigenvalue weighted by Crippen LogP contribution is 2.28. The van der Waals surface area contributed by atoms with Gasteiger partial charge in [-0.1, -0.05) is 56.4 Å². The first-order valence-corrected chi connectivity index (χ1v) is 8.92. The Morgan fingerprint density at radius 3 is 2.84 bits per heavy atom. The van der Waals surface area contributed by atoms with Gasteiger partial charge in [0.25, 0.3) is 0 Å². The molecule has 0 aliphatic heterocycles. The molecule has 4 heteroatoms. The van der Waals surface area contributed by atoms with Gasteiger partial charge < -0.3 is 9.84 Å². The van der Waals surface area contributed by atoms with Crippen molar-refractivity contribution in [2.24, 2.45) is 0 Å².